The Kier molecular flexibility index (Phi) is 4.72. The molecule has 9 heteroatoms. The number of hydrogen-bond donors (Lipinski definition) is 1. The third-order valence-electron chi connectivity index (χ3n) is 2.68. The standard InChI is InChI=1S/C13H12ClFN2O4S/c1-20-12-6-5-11(13(16-12)21-2)17-22(18,19)8-3-4-10(15)9(14)7-8/h3-7,17H,1-2H3. The second kappa shape index (κ2) is 6.37. The molecule has 0 aliphatic carbocycles. The van der Waals surface area contributed by atoms with E-state index in [0.717, 1.165) is 18.2 Å². The van der Waals surface area contributed by atoms with Gasteiger partial charge < -0.3 is 9.47 Å². The van der Waals surface area contributed by atoms with E-state index >= 15 is 0 Å². The normalized spacial score (nSPS) is 11.1. The summed E-state index contributed by atoms with van der Waals surface area (Å²) >= 11 is 5.60. The lowest BCUT2D eigenvalue weighted by molar-refractivity contribution is 0.366. The van der Waals surface area contributed by atoms with Crippen molar-refractivity contribution < 1.29 is 22.3 Å². The number of hydrogen-bond acceptors (Lipinski definition) is 5. The number of halogens is 2. The number of methoxy groups -OCH3 is 2. The first-order valence-corrected chi connectivity index (χ1v) is 7.80. The van der Waals surface area contributed by atoms with Crippen LogP contribution in [0.25, 0.3) is 0 Å². The van der Waals surface area contributed by atoms with Gasteiger partial charge >= 0.3 is 0 Å². The highest BCUT2D eigenvalue weighted by Gasteiger charge is 2.19. The molecule has 2 rings (SSSR count). The zero-order valence-corrected chi connectivity index (χ0v) is 13.2. The number of aromatic nitrogens is 1. The molecule has 0 atom stereocenters. The number of nitrogens with zero attached hydrogens (tertiary/aromatic N) is 1. The van der Waals surface area contributed by atoms with Crippen LogP contribution in [-0.4, -0.2) is 27.6 Å². The second-order valence-corrected chi connectivity index (χ2v) is 6.18. The van der Waals surface area contributed by atoms with Gasteiger partial charge in [0.05, 0.1) is 24.1 Å². The van der Waals surface area contributed by atoms with Gasteiger partial charge in [-0.25, -0.2) is 12.8 Å². The SMILES string of the molecule is COc1ccc(NS(=O)(=O)c2ccc(F)c(Cl)c2)c(OC)n1. The van der Waals surface area contributed by atoms with Crippen molar-refractivity contribution in [3.8, 4) is 11.8 Å². The first-order valence-electron chi connectivity index (χ1n) is 5.94. The molecule has 0 unspecified atom stereocenters. The largest absolute Gasteiger partial charge is 0.481 e. The van der Waals surface area contributed by atoms with E-state index in [4.69, 9.17) is 21.1 Å². The summed E-state index contributed by atoms with van der Waals surface area (Å²) < 4.78 is 49.9. The minimum atomic E-state index is -3.97. The number of sulfonamides is 1. The van der Waals surface area contributed by atoms with Crippen LogP contribution in [0.4, 0.5) is 10.1 Å². The molecule has 0 amide bonds. The van der Waals surface area contributed by atoms with Crippen LogP contribution >= 0.6 is 11.6 Å². The summed E-state index contributed by atoms with van der Waals surface area (Å²) in [5.41, 5.74) is 0.115. The quantitative estimate of drug-likeness (QED) is 0.900. The van der Waals surface area contributed by atoms with Crippen LogP contribution in [0, 0.1) is 5.82 Å². The Morgan fingerprint density at radius 3 is 2.50 bits per heavy atom. The smallest absolute Gasteiger partial charge is 0.262 e. The fourth-order valence-electron chi connectivity index (χ4n) is 1.62. The molecule has 1 heterocycles. The molecule has 1 aromatic heterocycles. The van der Waals surface area contributed by atoms with Crippen molar-refractivity contribution in [1.29, 1.82) is 0 Å². The average molecular weight is 347 g/mol. The lowest BCUT2D eigenvalue weighted by Crippen LogP contribution is -2.14. The summed E-state index contributed by atoms with van der Waals surface area (Å²) in [6.45, 7) is 0. The van der Waals surface area contributed by atoms with E-state index < -0.39 is 15.8 Å². The molecular weight excluding hydrogens is 335 g/mol. The zero-order valence-electron chi connectivity index (χ0n) is 11.6. The van der Waals surface area contributed by atoms with E-state index in [-0.39, 0.29) is 27.4 Å². The second-order valence-electron chi connectivity index (χ2n) is 4.09. The Bertz CT molecular complexity index is 799. The highest BCUT2D eigenvalue weighted by Crippen LogP contribution is 2.28. The van der Waals surface area contributed by atoms with Crippen LogP contribution in [0.2, 0.25) is 5.02 Å². The Labute approximate surface area is 131 Å². The predicted molar refractivity (Wildman–Crippen MR) is 79.6 cm³/mol. The molecule has 2 aromatic rings. The molecule has 0 radical (unpaired) electrons. The Morgan fingerprint density at radius 1 is 1.18 bits per heavy atom. The molecule has 118 valence electrons. The average Bonchev–Trinajstić information content (AvgIpc) is 2.50. The van der Waals surface area contributed by atoms with Crippen LogP contribution < -0.4 is 14.2 Å². The summed E-state index contributed by atoms with van der Waals surface area (Å²) in [7, 11) is -1.20. The Balaban J connectivity index is 2.38. The van der Waals surface area contributed by atoms with E-state index in [1.807, 2.05) is 0 Å². The molecule has 0 aliphatic heterocycles. The maximum atomic E-state index is 13.1. The maximum absolute atomic E-state index is 13.1. The predicted octanol–water partition coefficient (Wildman–Crippen LogP) is 2.69. The molecule has 6 nitrogen and oxygen atoms in total. The van der Waals surface area contributed by atoms with Gasteiger partial charge in [0.2, 0.25) is 11.8 Å². The van der Waals surface area contributed by atoms with E-state index in [2.05, 4.69) is 9.71 Å². The molecule has 0 saturated heterocycles. The lowest BCUT2D eigenvalue weighted by atomic mass is 10.3. The van der Waals surface area contributed by atoms with Gasteiger partial charge in [0.1, 0.15) is 11.5 Å². The van der Waals surface area contributed by atoms with Crippen LogP contribution in [0.5, 0.6) is 11.8 Å². The van der Waals surface area contributed by atoms with Crippen molar-refractivity contribution in [3.05, 3.63) is 41.2 Å². The van der Waals surface area contributed by atoms with Gasteiger partial charge in [0.15, 0.2) is 0 Å². The summed E-state index contributed by atoms with van der Waals surface area (Å²) in [5, 5.41) is -0.289. The number of anilines is 1. The first kappa shape index (κ1) is 16.3. The van der Waals surface area contributed by atoms with Crippen molar-refractivity contribution >= 4 is 27.3 Å². The third-order valence-corrected chi connectivity index (χ3v) is 4.34. The highest BCUT2D eigenvalue weighted by atomic mass is 35.5. The van der Waals surface area contributed by atoms with Crippen molar-refractivity contribution in [3.63, 3.8) is 0 Å². The molecule has 0 saturated carbocycles. The van der Waals surface area contributed by atoms with Crippen molar-refractivity contribution in [2.24, 2.45) is 0 Å². The number of nitrogens with one attached hydrogen (secondary N) is 1. The number of benzene rings is 1. The number of ether oxygens (including phenoxy) is 2. The minimum absolute atomic E-state index is 0.0381. The van der Waals surface area contributed by atoms with E-state index in [9.17, 15) is 12.8 Å². The topological polar surface area (TPSA) is 77.5 Å². The van der Waals surface area contributed by atoms with Gasteiger partial charge in [0, 0.05) is 6.07 Å². The lowest BCUT2D eigenvalue weighted by Gasteiger charge is -2.12. The van der Waals surface area contributed by atoms with E-state index in [1.165, 1.54) is 26.4 Å². The number of rotatable bonds is 5. The third kappa shape index (κ3) is 3.40. The molecule has 0 aliphatic rings. The van der Waals surface area contributed by atoms with Crippen molar-refractivity contribution in [1.82, 2.24) is 4.98 Å². The molecule has 1 aromatic carbocycles. The van der Waals surface area contributed by atoms with Gasteiger partial charge in [-0.05, 0) is 24.3 Å². The van der Waals surface area contributed by atoms with Crippen LogP contribution in [0.15, 0.2) is 35.2 Å². The van der Waals surface area contributed by atoms with Crippen molar-refractivity contribution in [2.75, 3.05) is 18.9 Å². The van der Waals surface area contributed by atoms with Gasteiger partial charge in [-0.3, -0.25) is 4.72 Å². The Hall–Kier alpha value is -2.06. The van der Waals surface area contributed by atoms with Crippen LogP contribution in [-0.2, 0) is 10.0 Å². The number of pyridine rings is 1. The summed E-state index contributed by atoms with van der Waals surface area (Å²) in [6.07, 6.45) is 0. The minimum Gasteiger partial charge on any atom is -0.481 e. The molecule has 0 fully saturated rings. The zero-order chi connectivity index (χ0) is 16.3. The highest BCUT2D eigenvalue weighted by molar-refractivity contribution is 7.92. The molecular formula is C13H12ClFN2O4S. The fraction of sp³-hybridized carbons (Fsp3) is 0.154. The monoisotopic (exact) mass is 346 g/mol. The maximum Gasteiger partial charge on any atom is 0.262 e. The summed E-state index contributed by atoms with van der Waals surface area (Å²) in [6, 6.07) is 6.00. The fourth-order valence-corrected chi connectivity index (χ4v) is 2.95. The van der Waals surface area contributed by atoms with Crippen LogP contribution in [0.3, 0.4) is 0 Å². The Morgan fingerprint density at radius 2 is 1.91 bits per heavy atom. The molecule has 0 spiro atoms. The van der Waals surface area contributed by atoms with E-state index in [0.29, 0.717) is 0 Å². The van der Waals surface area contributed by atoms with Gasteiger partial charge in [-0.2, -0.15) is 4.98 Å². The summed E-state index contributed by atoms with van der Waals surface area (Å²) in [4.78, 5) is 3.78. The van der Waals surface area contributed by atoms with Gasteiger partial charge in [0.25, 0.3) is 10.0 Å². The molecule has 1 N–H and O–H groups in total. The van der Waals surface area contributed by atoms with Gasteiger partial charge in [-0.15, -0.1) is 0 Å². The molecule has 22 heavy (non-hydrogen) atoms. The van der Waals surface area contributed by atoms with Crippen LogP contribution in [0.1, 0.15) is 0 Å². The van der Waals surface area contributed by atoms with E-state index in [1.54, 1.807) is 0 Å². The first-order chi connectivity index (χ1) is 10.4. The van der Waals surface area contributed by atoms with Gasteiger partial charge in [-0.1, -0.05) is 11.6 Å². The van der Waals surface area contributed by atoms with Crippen molar-refractivity contribution in [2.45, 2.75) is 4.90 Å². The summed E-state index contributed by atoms with van der Waals surface area (Å²) in [5.74, 6) is -0.398. The molecule has 0 bridgehead atoms.